The smallest absolute Gasteiger partial charge is 0.269 e. The van der Waals surface area contributed by atoms with Gasteiger partial charge in [0.15, 0.2) is 0 Å². The quantitative estimate of drug-likeness (QED) is 0.854. The van der Waals surface area contributed by atoms with E-state index >= 15 is 0 Å². The van der Waals surface area contributed by atoms with Crippen molar-refractivity contribution in [3.63, 3.8) is 0 Å². The van der Waals surface area contributed by atoms with Gasteiger partial charge in [0.25, 0.3) is 5.91 Å². The summed E-state index contributed by atoms with van der Waals surface area (Å²) in [7, 11) is 0. The topological polar surface area (TPSA) is 62.2 Å². The number of carbonyl (C=O) groups excluding carboxylic acids is 1. The Hall–Kier alpha value is -2.71. The Bertz CT molecular complexity index is 753. The highest BCUT2D eigenvalue weighted by atomic mass is 19.1. The zero-order chi connectivity index (χ0) is 16.9. The summed E-state index contributed by atoms with van der Waals surface area (Å²) in [4.78, 5) is 15.9. The molecule has 0 unspecified atom stereocenters. The Kier molecular flexibility index (Phi) is 5.09. The van der Waals surface area contributed by atoms with Crippen molar-refractivity contribution in [2.24, 2.45) is 0 Å². The van der Waals surface area contributed by atoms with Gasteiger partial charge in [-0.2, -0.15) is 0 Å². The van der Waals surface area contributed by atoms with Crippen molar-refractivity contribution in [2.45, 2.75) is 19.4 Å². The van der Waals surface area contributed by atoms with Gasteiger partial charge in [-0.05, 0) is 44.2 Å². The van der Waals surface area contributed by atoms with Gasteiger partial charge in [0.2, 0.25) is 0 Å². The first-order valence-electron chi connectivity index (χ1n) is 7.08. The van der Waals surface area contributed by atoms with E-state index in [4.69, 9.17) is 0 Å². The van der Waals surface area contributed by atoms with Gasteiger partial charge < -0.3 is 10.4 Å². The molecule has 0 saturated carbocycles. The van der Waals surface area contributed by atoms with Crippen LogP contribution in [-0.4, -0.2) is 28.1 Å². The molecule has 0 saturated heterocycles. The summed E-state index contributed by atoms with van der Waals surface area (Å²) in [5.74, 6) is 4.99. The lowest BCUT2D eigenvalue weighted by Gasteiger charge is -2.17. The third-order valence-electron chi connectivity index (χ3n) is 2.85. The maximum absolute atomic E-state index is 13.0. The Morgan fingerprint density at radius 1 is 1.26 bits per heavy atom. The predicted octanol–water partition coefficient (Wildman–Crippen LogP) is 2.12. The van der Waals surface area contributed by atoms with Crippen molar-refractivity contribution in [3.8, 4) is 11.8 Å². The van der Waals surface area contributed by atoms with Crippen LogP contribution in [0.4, 0.5) is 4.39 Å². The molecule has 118 valence electrons. The highest BCUT2D eigenvalue weighted by Crippen LogP contribution is 2.04. The number of halogens is 1. The second-order valence-electron chi connectivity index (χ2n) is 5.69. The van der Waals surface area contributed by atoms with E-state index < -0.39 is 5.60 Å². The molecule has 0 bridgehead atoms. The SMILES string of the molecule is CC(C)(O)CNC(=O)c1ccc(C#Cc2cccc(F)c2)cn1. The lowest BCUT2D eigenvalue weighted by atomic mass is 10.1. The summed E-state index contributed by atoms with van der Waals surface area (Å²) in [6, 6.07) is 9.22. The van der Waals surface area contributed by atoms with Crippen LogP contribution in [0.2, 0.25) is 0 Å². The Morgan fingerprint density at radius 2 is 2.00 bits per heavy atom. The molecule has 0 spiro atoms. The van der Waals surface area contributed by atoms with Crippen LogP contribution >= 0.6 is 0 Å². The largest absolute Gasteiger partial charge is 0.389 e. The lowest BCUT2D eigenvalue weighted by molar-refractivity contribution is 0.0692. The second-order valence-corrected chi connectivity index (χ2v) is 5.69. The van der Waals surface area contributed by atoms with Crippen molar-refractivity contribution in [1.82, 2.24) is 10.3 Å². The summed E-state index contributed by atoms with van der Waals surface area (Å²) in [6.45, 7) is 3.34. The van der Waals surface area contributed by atoms with Crippen molar-refractivity contribution < 1.29 is 14.3 Å². The van der Waals surface area contributed by atoms with Crippen LogP contribution in [0.1, 0.15) is 35.5 Å². The van der Waals surface area contributed by atoms with Crippen LogP contribution in [0.5, 0.6) is 0 Å². The van der Waals surface area contributed by atoms with Crippen molar-refractivity contribution >= 4 is 5.91 Å². The molecule has 0 radical (unpaired) electrons. The molecule has 0 atom stereocenters. The average molecular weight is 312 g/mol. The minimum Gasteiger partial charge on any atom is -0.389 e. The maximum atomic E-state index is 13.0. The zero-order valence-electron chi connectivity index (χ0n) is 12.9. The molecule has 5 heteroatoms. The Balaban J connectivity index is 2.04. The molecule has 2 rings (SSSR count). The molecule has 2 N–H and O–H groups in total. The first kappa shape index (κ1) is 16.7. The van der Waals surface area contributed by atoms with Crippen LogP contribution in [0, 0.1) is 17.7 Å². The van der Waals surface area contributed by atoms with Crippen LogP contribution in [0.25, 0.3) is 0 Å². The van der Waals surface area contributed by atoms with Gasteiger partial charge in [-0.3, -0.25) is 4.79 Å². The van der Waals surface area contributed by atoms with E-state index in [-0.39, 0.29) is 24.0 Å². The molecule has 4 nitrogen and oxygen atoms in total. The van der Waals surface area contributed by atoms with Crippen LogP contribution in [0.3, 0.4) is 0 Å². The highest BCUT2D eigenvalue weighted by molar-refractivity contribution is 5.92. The van der Waals surface area contributed by atoms with Gasteiger partial charge in [0, 0.05) is 23.9 Å². The fourth-order valence-electron chi connectivity index (χ4n) is 1.70. The van der Waals surface area contributed by atoms with E-state index in [0.29, 0.717) is 11.1 Å². The number of nitrogens with one attached hydrogen (secondary N) is 1. The van der Waals surface area contributed by atoms with Crippen LogP contribution in [0.15, 0.2) is 42.6 Å². The molecule has 0 aliphatic heterocycles. The summed E-state index contributed by atoms with van der Waals surface area (Å²) in [5, 5.41) is 12.2. The fourth-order valence-corrected chi connectivity index (χ4v) is 1.70. The number of carbonyl (C=O) groups is 1. The molecular weight excluding hydrogens is 295 g/mol. The number of benzene rings is 1. The first-order chi connectivity index (χ1) is 10.8. The average Bonchev–Trinajstić information content (AvgIpc) is 2.50. The summed E-state index contributed by atoms with van der Waals surface area (Å²) in [5.41, 5.74) is 0.447. The number of pyridine rings is 1. The molecule has 1 aromatic heterocycles. The van der Waals surface area contributed by atoms with Crippen molar-refractivity contribution in [1.29, 1.82) is 0 Å². The molecule has 1 heterocycles. The minimum atomic E-state index is -0.980. The first-order valence-corrected chi connectivity index (χ1v) is 7.08. The highest BCUT2D eigenvalue weighted by Gasteiger charge is 2.15. The standard InChI is InChI=1S/C18H17FN2O2/c1-18(2,23)12-21-17(22)16-9-8-14(11-20-16)7-6-13-4-3-5-15(19)10-13/h3-5,8-11,23H,12H2,1-2H3,(H,21,22). The molecule has 0 aliphatic carbocycles. The Labute approximate surface area is 134 Å². The van der Waals surface area contributed by atoms with E-state index in [1.165, 1.54) is 18.3 Å². The number of aliphatic hydroxyl groups is 1. The number of hydrogen-bond acceptors (Lipinski definition) is 3. The number of amides is 1. The van der Waals surface area contributed by atoms with Gasteiger partial charge in [-0.1, -0.05) is 17.9 Å². The van der Waals surface area contributed by atoms with Gasteiger partial charge in [-0.25, -0.2) is 9.37 Å². The molecule has 2 aromatic rings. The third-order valence-corrected chi connectivity index (χ3v) is 2.85. The third kappa shape index (κ3) is 5.53. The lowest BCUT2D eigenvalue weighted by Crippen LogP contribution is -2.38. The van der Waals surface area contributed by atoms with Gasteiger partial charge >= 0.3 is 0 Å². The molecular formula is C18H17FN2O2. The summed E-state index contributed by atoms with van der Waals surface area (Å²) < 4.78 is 13.0. The van der Waals surface area contributed by atoms with Gasteiger partial charge in [0.05, 0.1) is 5.60 Å². The van der Waals surface area contributed by atoms with Gasteiger partial charge in [0.1, 0.15) is 11.5 Å². The number of nitrogens with zero attached hydrogens (tertiary/aromatic N) is 1. The number of rotatable bonds is 3. The fraction of sp³-hybridized carbons (Fsp3) is 0.222. The van der Waals surface area contributed by atoms with E-state index in [0.717, 1.165) is 0 Å². The zero-order valence-corrected chi connectivity index (χ0v) is 12.9. The monoisotopic (exact) mass is 312 g/mol. The van der Waals surface area contributed by atoms with E-state index in [9.17, 15) is 14.3 Å². The molecule has 1 amide bonds. The number of hydrogen-bond donors (Lipinski definition) is 2. The predicted molar refractivity (Wildman–Crippen MR) is 85.2 cm³/mol. The molecule has 23 heavy (non-hydrogen) atoms. The summed E-state index contributed by atoms with van der Waals surface area (Å²) >= 11 is 0. The molecule has 0 fully saturated rings. The second kappa shape index (κ2) is 7.03. The number of aromatic nitrogens is 1. The van der Waals surface area contributed by atoms with E-state index in [1.807, 2.05) is 0 Å². The van der Waals surface area contributed by atoms with E-state index in [1.54, 1.807) is 38.1 Å². The maximum Gasteiger partial charge on any atom is 0.269 e. The summed E-state index contributed by atoms with van der Waals surface area (Å²) in [6.07, 6.45) is 1.48. The van der Waals surface area contributed by atoms with Crippen molar-refractivity contribution in [3.05, 3.63) is 65.2 Å². The van der Waals surface area contributed by atoms with E-state index in [2.05, 4.69) is 22.1 Å². The normalized spacial score (nSPS) is 10.6. The van der Waals surface area contributed by atoms with Gasteiger partial charge in [-0.15, -0.1) is 0 Å². The minimum absolute atomic E-state index is 0.134. The Morgan fingerprint density at radius 3 is 2.61 bits per heavy atom. The molecule has 1 aromatic carbocycles. The van der Waals surface area contributed by atoms with Crippen molar-refractivity contribution in [2.75, 3.05) is 6.54 Å². The van der Waals surface area contributed by atoms with Crippen LogP contribution < -0.4 is 5.32 Å². The molecule has 0 aliphatic rings. The van der Waals surface area contributed by atoms with Crippen LogP contribution in [-0.2, 0) is 0 Å².